The van der Waals surface area contributed by atoms with E-state index in [4.69, 9.17) is 4.74 Å². The number of anilines is 2. The number of likely N-dealkylation sites (tertiary alicyclic amines) is 1. The van der Waals surface area contributed by atoms with Gasteiger partial charge in [0.1, 0.15) is 12.1 Å². The van der Waals surface area contributed by atoms with Crippen LogP contribution in [0.2, 0.25) is 0 Å². The fourth-order valence-electron chi connectivity index (χ4n) is 5.30. The van der Waals surface area contributed by atoms with Gasteiger partial charge in [0.15, 0.2) is 0 Å². The molecule has 4 amide bonds. The summed E-state index contributed by atoms with van der Waals surface area (Å²) in [7, 11) is 0. The number of hydrogen-bond acceptors (Lipinski definition) is 5. The molecule has 2 atom stereocenters. The SMILES string of the molecule is CC(=O)Nc1ccc(-c2cc3cc(NC(=O)[C@@H]4CCCN4C(=O)[C@@H](NC(=O)OC(C)C)c4ccccc4)ccc3[nH]2)cc1. The van der Waals surface area contributed by atoms with E-state index in [0.29, 0.717) is 30.6 Å². The Labute approximate surface area is 249 Å². The second-order valence-corrected chi connectivity index (χ2v) is 10.9. The van der Waals surface area contributed by atoms with Gasteiger partial charge in [0.2, 0.25) is 11.8 Å². The molecule has 3 aromatic carbocycles. The number of alkyl carbamates (subject to hydrolysis) is 1. The lowest BCUT2D eigenvalue weighted by atomic mass is 10.0. The predicted molar refractivity (Wildman–Crippen MR) is 165 cm³/mol. The lowest BCUT2D eigenvalue weighted by Crippen LogP contribution is -2.48. The Hall–Kier alpha value is -5.12. The van der Waals surface area contributed by atoms with Gasteiger partial charge >= 0.3 is 6.09 Å². The number of ether oxygens (including phenoxy) is 1. The third-order valence-electron chi connectivity index (χ3n) is 7.23. The quantitative estimate of drug-likeness (QED) is 0.215. The first-order valence-electron chi connectivity index (χ1n) is 14.3. The van der Waals surface area contributed by atoms with Gasteiger partial charge in [-0.3, -0.25) is 14.4 Å². The third kappa shape index (κ3) is 7.03. The number of carbonyl (C=O) groups is 4. The van der Waals surface area contributed by atoms with Crippen LogP contribution >= 0.6 is 0 Å². The van der Waals surface area contributed by atoms with Crippen LogP contribution in [0.4, 0.5) is 16.2 Å². The molecule has 1 aliphatic heterocycles. The van der Waals surface area contributed by atoms with E-state index in [0.717, 1.165) is 27.8 Å². The summed E-state index contributed by atoms with van der Waals surface area (Å²) >= 11 is 0. The van der Waals surface area contributed by atoms with E-state index in [9.17, 15) is 19.2 Å². The maximum Gasteiger partial charge on any atom is 0.408 e. The zero-order chi connectivity index (χ0) is 30.5. The number of aromatic amines is 1. The molecule has 1 aromatic heterocycles. The summed E-state index contributed by atoms with van der Waals surface area (Å²) in [6.07, 6.45) is 0.143. The van der Waals surface area contributed by atoms with Gasteiger partial charge in [-0.2, -0.15) is 0 Å². The van der Waals surface area contributed by atoms with E-state index in [1.54, 1.807) is 43.0 Å². The van der Waals surface area contributed by atoms with Gasteiger partial charge in [0, 0.05) is 41.4 Å². The molecule has 4 aromatic rings. The average molecular weight is 582 g/mol. The Morgan fingerprint density at radius 3 is 2.33 bits per heavy atom. The summed E-state index contributed by atoms with van der Waals surface area (Å²) in [5.41, 5.74) is 4.70. The van der Waals surface area contributed by atoms with Gasteiger partial charge in [0.05, 0.1) is 6.10 Å². The Morgan fingerprint density at radius 1 is 0.907 bits per heavy atom. The predicted octanol–water partition coefficient (Wildman–Crippen LogP) is 5.60. The minimum absolute atomic E-state index is 0.128. The number of H-pyrrole nitrogens is 1. The monoisotopic (exact) mass is 581 g/mol. The van der Waals surface area contributed by atoms with Crippen molar-refractivity contribution in [3.63, 3.8) is 0 Å². The first-order chi connectivity index (χ1) is 20.7. The standard InChI is InChI=1S/C33H35N5O5/c1-20(2)43-33(42)37-30(23-8-5-4-6-9-23)32(41)38-17-7-10-29(38)31(40)35-26-15-16-27-24(18-26)19-28(36-27)22-11-13-25(14-12-22)34-21(3)39/h4-6,8-9,11-16,18-20,29-30,36H,7,10,17H2,1-3H3,(H,34,39)(H,35,40)(H,37,42)/t29-,30-/m0/s1. The molecule has 222 valence electrons. The highest BCUT2D eigenvalue weighted by Gasteiger charge is 2.38. The van der Waals surface area contributed by atoms with Crippen molar-refractivity contribution in [3.05, 3.63) is 84.4 Å². The zero-order valence-electron chi connectivity index (χ0n) is 24.3. The Bertz CT molecular complexity index is 1630. The molecule has 4 N–H and O–H groups in total. The maximum absolute atomic E-state index is 13.8. The van der Waals surface area contributed by atoms with Crippen molar-refractivity contribution < 1.29 is 23.9 Å². The van der Waals surface area contributed by atoms with Gasteiger partial charge in [-0.1, -0.05) is 42.5 Å². The van der Waals surface area contributed by atoms with Crippen LogP contribution in [0.15, 0.2) is 78.9 Å². The minimum atomic E-state index is -0.984. The van der Waals surface area contributed by atoms with Gasteiger partial charge in [0.25, 0.3) is 5.91 Å². The molecule has 43 heavy (non-hydrogen) atoms. The highest BCUT2D eigenvalue weighted by Crippen LogP contribution is 2.29. The number of benzene rings is 3. The van der Waals surface area contributed by atoms with E-state index in [-0.39, 0.29) is 23.8 Å². The number of rotatable bonds is 8. The van der Waals surface area contributed by atoms with Crippen LogP contribution in [0, 0.1) is 0 Å². The van der Waals surface area contributed by atoms with Gasteiger partial charge in [-0.05, 0) is 74.2 Å². The molecular weight excluding hydrogens is 546 g/mol. The minimum Gasteiger partial charge on any atom is -0.447 e. The number of nitrogens with one attached hydrogen (secondary N) is 4. The second-order valence-electron chi connectivity index (χ2n) is 10.9. The molecule has 0 aliphatic carbocycles. The average Bonchev–Trinajstić information content (AvgIpc) is 3.63. The molecule has 0 bridgehead atoms. The number of carbonyl (C=O) groups excluding carboxylic acids is 4. The lowest BCUT2D eigenvalue weighted by Gasteiger charge is -2.29. The highest BCUT2D eigenvalue weighted by molar-refractivity contribution is 6.00. The summed E-state index contributed by atoms with van der Waals surface area (Å²) in [6, 6.07) is 22.4. The summed E-state index contributed by atoms with van der Waals surface area (Å²) in [6.45, 7) is 5.34. The molecular formula is C33H35N5O5. The number of aromatic nitrogens is 1. The molecule has 0 unspecified atom stereocenters. The molecule has 1 saturated heterocycles. The Balaban J connectivity index is 1.30. The summed E-state index contributed by atoms with van der Waals surface area (Å²) in [5, 5.41) is 9.35. The van der Waals surface area contributed by atoms with E-state index < -0.39 is 18.2 Å². The van der Waals surface area contributed by atoms with Crippen LogP contribution in [0.1, 0.15) is 45.2 Å². The normalized spacial score (nSPS) is 15.3. The molecule has 5 rings (SSSR count). The van der Waals surface area contributed by atoms with Crippen LogP contribution in [0.5, 0.6) is 0 Å². The molecule has 0 radical (unpaired) electrons. The van der Waals surface area contributed by atoms with Crippen LogP contribution in [-0.2, 0) is 19.1 Å². The molecule has 0 saturated carbocycles. The summed E-state index contributed by atoms with van der Waals surface area (Å²) in [5.74, 6) is -0.775. The van der Waals surface area contributed by atoms with Crippen molar-refractivity contribution in [1.82, 2.24) is 15.2 Å². The van der Waals surface area contributed by atoms with Crippen LogP contribution in [0.3, 0.4) is 0 Å². The van der Waals surface area contributed by atoms with Gasteiger partial charge in [-0.15, -0.1) is 0 Å². The van der Waals surface area contributed by atoms with Crippen molar-refractivity contribution in [2.45, 2.75) is 51.8 Å². The summed E-state index contributed by atoms with van der Waals surface area (Å²) < 4.78 is 5.23. The molecule has 1 aliphatic rings. The fourth-order valence-corrected chi connectivity index (χ4v) is 5.30. The molecule has 1 fully saturated rings. The zero-order valence-corrected chi connectivity index (χ0v) is 24.3. The van der Waals surface area contributed by atoms with Crippen LogP contribution < -0.4 is 16.0 Å². The first-order valence-corrected chi connectivity index (χ1v) is 14.3. The van der Waals surface area contributed by atoms with E-state index in [2.05, 4.69) is 20.9 Å². The smallest absolute Gasteiger partial charge is 0.408 e. The second kappa shape index (κ2) is 12.8. The topological polar surface area (TPSA) is 133 Å². The maximum atomic E-state index is 13.8. The van der Waals surface area contributed by atoms with Crippen molar-refractivity contribution in [2.75, 3.05) is 17.2 Å². The number of nitrogens with zero attached hydrogens (tertiary/aromatic N) is 1. The van der Waals surface area contributed by atoms with Crippen LogP contribution in [-0.4, -0.2) is 52.4 Å². The number of fused-ring (bicyclic) bond motifs is 1. The third-order valence-corrected chi connectivity index (χ3v) is 7.23. The first kappa shape index (κ1) is 29.4. The molecule has 0 spiro atoms. The van der Waals surface area contributed by atoms with E-state index in [1.807, 2.05) is 54.6 Å². The van der Waals surface area contributed by atoms with Gasteiger partial charge < -0.3 is 30.6 Å². The van der Waals surface area contributed by atoms with Crippen LogP contribution in [0.25, 0.3) is 22.2 Å². The van der Waals surface area contributed by atoms with Crippen molar-refractivity contribution in [1.29, 1.82) is 0 Å². The van der Waals surface area contributed by atoms with E-state index >= 15 is 0 Å². The van der Waals surface area contributed by atoms with Gasteiger partial charge in [-0.25, -0.2) is 4.79 Å². The molecule has 10 heteroatoms. The molecule has 2 heterocycles. The largest absolute Gasteiger partial charge is 0.447 e. The van der Waals surface area contributed by atoms with Crippen molar-refractivity contribution in [3.8, 4) is 11.3 Å². The highest BCUT2D eigenvalue weighted by atomic mass is 16.6. The fraction of sp³-hybridized carbons (Fsp3) is 0.273. The van der Waals surface area contributed by atoms with Crippen molar-refractivity contribution >= 4 is 46.1 Å². The van der Waals surface area contributed by atoms with E-state index in [1.165, 1.54) is 6.92 Å². The Morgan fingerprint density at radius 2 is 1.63 bits per heavy atom. The summed E-state index contributed by atoms with van der Waals surface area (Å²) in [4.78, 5) is 55.9. The number of hydrogen-bond donors (Lipinski definition) is 4. The Kier molecular flexibility index (Phi) is 8.75. The number of amides is 4. The molecule has 10 nitrogen and oxygen atoms in total. The lowest BCUT2D eigenvalue weighted by molar-refractivity contribution is -0.138. The van der Waals surface area contributed by atoms with Crippen molar-refractivity contribution in [2.24, 2.45) is 0 Å².